The third-order valence-corrected chi connectivity index (χ3v) is 6.43. The van der Waals surface area contributed by atoms with E-state index in [1.165, 1.54) is 40.7 Å². The van der Waals surface area contributed by atoms with Gasteiger partial charge in [0.05, 0.1) is 6.61 Å². The van der Waals surface area contributed by atoms with Crippen molar-refractivity contribution in [3.8, 4) is 0 Å². The van der Waals surface area contributed by atoms with Crippen LogP contribution >= 0.6 is 0 Å². The summed E-state index contributed by atoms with van der Waals surface area (Å²) in [4.78, 5) is 2.60. The predicted molar refractivity (Wildman–Crippen MR) is 125 cm³/mol. The van der Waals surface area contributed by atoms with Crippen molar-refractivity contribution >= 4 is 0 Å². The predicted octanol–water partition coefficient (Wildman–Crippen LogP) is 6.25. The van der Waals surface area contributed by atoms with Crippen molar-refractivity contribution in [2.45, 2.75) is 51.9 Å². The molecule has 4 rings (SSSR count). The van der Waals surface area contributed by atoms with Crippen molar-refractivity contribution in [3.63, 3.8) is 0 Å². The van der Waals surface area contributed by atoms with Crippen molar-refractivity contribution in [3.05, 3.63) is 107 Å². The molecular weight excluding hydrogens is 366 g/mol. The summed E-state index contributed by atoms with van der Waals surface area (Å²) in [5, 5.41) is 0. The molecule has 0 saturated carbocycles. The Hall–Kier alpha value is -2.42. The Kier molecular flexibility index (Phi) is 6.36. The summed E-state index contributed by atoms with van der Waals surface area (Å²) in [6.45, 7) is 9.51. The lowest BCUT2D eigenvalue weighted by Crippen LogP contribution is -2.50. The Morgan fingerprint density at radius 2 is 1.30 bits per heavy atom. The van der Waals surface area contributed by atoms with Crippen molar-refractivity contribution in [1.82, 2.24) is 4.90 Å². The van der Waals surface area contributed by atoms with Gasteiger partial charge in [-0.1, -0.05) is 90.0 Å². The van der Waals surface area contributed by atoms with Gasteiger partial charge in [-0.05, 0) is 63.4 Å². The van der Waals surface area contributed by atoms with E-state index in [-0.39, 0.29) is 6.04 Å². The molecule has 2 heteroatoms. The fourth-order valence-corrected chi connectivity index (χ4v) is 5.04. The Balaban J connectivity index is 1.81. The lowest BCUT2D eigenvalue weighted by Gasteiger charge is -2.44. The van der Waals surface area contributed by atoms with E-state index in [4.69, 9.17) is 4.74 Å². The first kappa shape index (κ1) is 20.8. The number of hydrogen-bond acceptors (Lipinski definition) is 2. The second-order valence-corrected chi connectivity index (χ2v) is 8.67. The molecule has 1 fully saturated rings. The van der Waals surface area contributed by atoms with E-state index in [1.54, 1.807) is 0 Å². The lowest BCUT2D eigenvalue weighted by molar-refractivity contribution is -0.0809. The number of nitrogens with zero attached hydrogens (tertiary/aromatic N) is 1. The van der Waals surface area contributed by atoms with Crippen molar-refractivity contribution in [2.24, 2.45) is 0 Å². The van der Waals surface area contributed by atoms with E-state index in [0.717, 1.165) is 13.1 Å². The average Bonchev–Trinajstić information content (AvgIpc) is 3.30. The quantitative estimate of drug-likeness (QED) is 0.466. The summed E-state index contributed by atoms with van der Waals surface area (Å²) < 4.78 is 7.03. The second kappa shape index (κ2) is 9.16. The molecule has 1 unspecified atom stereocenters. The molecule has 1 aliphatic heterocycles. The van der Waals surface area contributed by atoms with Gasteiger partial charge in [-0.25, -0.2) is 0 Å². The van der Waals surface area contributed by atoms with Gasteiger partial charge < -0.3 is 4.74 Å². The molecule has 0 bridgehead atoms. The number of likely N-dealkylation sites (tertiary alicyclic amines) is 1. The number of rotatable bonds is 7. The molecule has 3 aromatic rings. The van der Waals surface area contributed by atoms with Crippen LogP contribution in [0.3, 0.4) is 0 Å². The molecule has 2 nitrogen and oxygen atoms in total. The minimum Gasteiger partial charge on any atom is -0.359 e. The fraction of sp³-hybridized carbons (Fsp3) is 0.357. The van der Waals surface area contributed by atoms with Crippen LogP contribution in [0.5, 0.6) is 0 Å². The van der Waals surface area contributed by atoms with Gasteiger partial charge in [0.15, 0.2) is 0 Å². The molecule has 0 aromatic heterocycles. The molecule has 0 spiro atoms. The van der Waals surface area contributed by atoms with E-state index < -0.39 is 5.60 Å². The van der Waals surface area contributed by atoms with Gasteiger partial charge in [-0.15, -0.1) is 0 Å². The van der Waals surface area contributed by atoms with E-state index in [2.05, 4.69) is 105 Å². The smallest absolute Gasteiger partial charge is 0.134 e. The maximum Gasteiger partial charge on any atom is 0.134 e. The zero-order chi connectivity index (χ0) is 21.0. The van der Waals surface area contributed by atoms with Gasteiger partial charge >= 0.3 is 0 Å². The molecule has 30 heavy (non-hydrogen) atoms. The van der Waals surface area contributed by atoms with Crippen LogP contribution in [0.1, 0.15) is 47.6 Å². The number of ether oxygens (including phenoxy) is 1. The summed E-state index contributed by atoms with van der Waals surface area (Å²) in [5.41, 5.74) is 5.72. The maximum atomic E-state index is 7.03. The largest absolute Gasteiger partial charge is 0.359 e. The van der Waals surface area contributed by atoms with Crippen LogP contribution in [-0.2, 0) is 16.9 Å². The zero-order valence-electron chi connectivity index (χ0n) is 18.5. The van der Waals surface area contributed by atoms with Gasteiger partial charge in [-0.2, -0.15) is 0 Å². The van der Waals surface area contributed by atoms with Gasteiger partial charge in [0, 0.05) is 6.04 Å². The molecule has 0 N–H and O–H groups in total. The van der Waals surface area contributed by atoms with Crippen LogP contribution in [0.2, 0.25) is 0 Å². The standard InChI is InChI=1S/C28H33NO/c1-22-18-23(2)20-25(19-22)21-30-28(26-12-6-4-7-13-26,27-14-8-5-9-15-27)24(3)29-16-10-11-17-29/h4-9,12-15,18-20,24H,10-11,16-17,21H2,1-3H3. The lowest BCUT2D eigenvalue weighted by atomic mass is 9.79. The fourth-order valence-electron chi connectivity index (χ4n) is 5.04. The first-order chi connectivity index (χ1) is 14.6. The molecule has 1 heterocycles. The van der Waals surface area contributed by atoms with Gasteiger partial charge in [0.2, 0.25) is 0 Å². The number of benzene rings is 3. The topological polar surface area (TPSA) is 12.5 Å². The highest BCUT2D eigenvalue weighted by Crippen LogP contribution is 2.41. The molecule has 156 valence electrons. The molecular formula is C28H33NO. The third-order valence-electron chi connectivity index (χ3n) is 6.43. The Morgan fingerprint density at radius 1 is 0.800 bits per heavy atom. The minimum absolute atomic E-state index is 0.232. The Labute approximate surface area is 181 Å². The molecule has 3 aromatic carbocycles. The van der Waals surface area contributed by atoms with Gasteiger partial charge in [0.25, 0.3) is 0 Å². The summed E-state index contributed by atoms with van der Waals surface area (Å²) in [6.07, 6.45) is 2.53. The van der Waals surface area contributed by atoms with Crippen molar-refractivity contribution in [2.75, 3.05) is 13.1 Å². The first-order valence-corrected chi connectivity index (χ1v) is 11.2. The summed E-state index contributed by atoms with van der Waals surface area (Å²) >= 11 is 0. The van der Waals surface area contributed by atoms with Crippen LogP contribution < -0.4 is 0 Å². The Bertz CT molecular complexity index is 885. The van der Waals surface area contributed by atoms with Crippen LogP contribution in [0.25, 0.3) is 0 Å². The van der Waals surface area contributed by atoms with E-state index in [0.29, 0.717) is 6.61 Å². The molecule has 0 aliphatic carbocycles. The highest BCUT2D eigenvalue weighted by Gasteiger charge is 2.44. The third kappa shape index (κ3) is 4.21. The van der Waals surface area contributed by atoms with E-state index in [1.807, 2.05) is 0 Å². The summed E-state index contributed by atoms with van der Waals surface area (Å²) in [7, 11) is 0. The first-order valence-electron chi connectivity index (χ1n) is 11.2. The molecule has 0 radical (unpaired) electrons. The summed E-state index contributed by atoms with van der Waals surface area (Å²) in [6, 6.07) is 28.5. The number of hydrogen-bond donors (Lipinski definition) is 0. The highest BCUT2D eigenvalue weighted by atomic mass is 16.5. The number of aryl methyl sites for hydroxylation is 2. The van der Waals surface area contributed by atoms with Gasteiger partial charge in [0.1, 0.15) is 5.60 Å². The molecule has 1 atom stereocenters. The normalized spacial score (nSPS) is 16.0. The van der Waals surface area contributed by atoms with Crippen molar-refractivity contribution < 1.29 is 4.74 Å². The minimum atomic E-state index is -0.523. The average molecular weight is 400 g/mol. The van der Waals surface area contributed by atoms with Gasteiger partial charge in [-0.3, -0.25) is 4.90 Å². The van der Waals surface area contributed by atoms with E-state index in [9.17, 15) is 0 Å². The summed E-state index contributed by atoms with van der Waals surface area (Å²) in [5.74, 6) is 0. The monoisotopic (exact) mass is 399 g/mol. The second-order valence-electron chi connectivity index (χ2n) is 8.67. The molecule has 0 amide bonds. The van der Waals surface area contributed by atoms with E-state index >= 15 is 0 Å². The molecule has 1 aliphatic rings. The van der Waals surface area contributed by atoms with Crippen LogP contribution in [-0.4, -0.2) is 24.0 Å². The SMILES string of the molecule is Cc1cc(C)cc(COC(c2ccccc2)(c2ccccc2)C(C)N2CCCC2)c1. The van der Waals surface area contributed by atoms with Crippen LogP contribution in [0, 0.1) is 13.8 Å². The van der Waals surface area contributed by atoms with Crippen LogP contribution in [0.4, 0.5) is 0 Å². The highest BCUT2D eigenvalue weighted by molar-refractivity contribution is 5.39. The molecule has 1 saturated heterocycles. The van der Waals surface area contributed by atoms with Crippen molar-refractivity contribution in [1.29, 1.82) is 0 Å². The zero-order valence-corrected chi connectivity index (χ0v) is 18.5. The van der Waals surface area contributed by atoms with Crippen LogP contribution in [0.15, 0.2) is 78.9 Å². The maximum absolute atomic E-state index is 7.03. The Morgan fingerprint density at radius 3 is 1.80 bits per heavy atom.